The van der Waals surface area contributed by atoms with Crippen LogP contribution in [0, 0.1) is 29.6 Å². The number of carbonyl (C=O) groups is 7. The maximum Gasteiger partial charge on any atom is 0.407 e. The molecule has 3 saturated heterocycles. The standard InChI is InChI=1S/C72H108N10O17/c1-11-30-95-32-33-96-31-24-74-66(87)53-43-77-70(78-44-53)81-28-26-80(27-29-81)69-75-40-52(41-76-69)42-79-71(90)98-58-23-21-51(37-61(58)93-9)36-55(73)60-39-57(83)47(4)35-49(6)63(85)64(94-10)62(84)48(5)34-45(2)17-13-12-14-18-46(3)59(92-8)38-54-22-20-50(7)72(91,99-54)65(86)67(88)82-25-16-15-19-56(82)68(89)97-60/h12-14,17-18,35,40-41,43-45,47-48,50-51,54-56,58-61,63-64,85,91H,11,15-16,19-34,36-39,42,73H2,1-10H3,(H,74,87)(H,79,90)/b14-12+,17-13+,46-18+,49-35+/t45-,47-,48-,50-,51+,54+,55-,56+,58-,59+,60+,61-,63-,64+,72-/m1/s1. The number of hydrogen-bond donors (Lipinski definition) is 5. The molecule has 27 heteroatoms. The van der Waals surface area contributed by atoms with Gasteiger partial charge in [0.05, 0.1) is 43.7 Å². The molecule has 0 radical (unpaired) electrons. The average molecular weight is 1390 g/mol. The van der Waals surface area contributed by atoms with Crippen LogP contribution in [0.15, 0.2) is 72.4 Å². The Labute approximate surface area is 582 Å². The normalized spacial score (nSPS) is 31.3. The molecule has 6 heterocycles. The fourth-order valence-corrected chi connectivity index (χ4v) is 13.5. The van der Waals surface area contributed by atoms with Gasteiger partial charge in [0.1, 0.15) is 36.2 Å². The van der Waals surface area contributed by atoms with Gasteiger partial charge in [-0.05, 0) is 107 Å². The van der Waals surface area contributed by atoms with Gasteiger partial charge >= 0.3 is 12.1 Å². The number of anilines is 2. The van der Waals surface area contributed by atoms with E-state index in [1.54, 1.807) is 53.3 Å². The number of hydrogen-bond acceptors (Lipinski definition) is 24. The van der Waals surface area contributed by atoms with Gasteiger partial charge in [-0.15, -0.1) is 0 Å². The zero-order valence-electron chi connectivity index (χ0n) is 59.6. The molecule has 2 bridgehead atoms. The highest BCUT2D eigenvalue weighted by Crippen LogP contribution is 2.38. The third-order valence-electron chi connectivity index (χ3n) is 19.6. The van der Waals surface area contributed by atoms with Crippen LogP contribution < -0.4 is 26.2 Å². The van der Waals surface area contributed by atoms with E-state index in [2.05, 4.69) is 30.6 Å². The Bertz CT molecular complexity index is 3090. The number of esters is 1. The van der Waals surface area contributed by atoms with Crippen LogP contribution in [0.4, 0.5) is 16.7 Å². The number of allylic oxidation sites excluding steroid dienone is 6. The van der Waals surface area contributed by atoms with Crippen molar-refractivity contribution in [2.75, 3.05) is 96.8 Å². The lowest BCUT2D eigenvalue weighted by Gasteiger charge is -2.42. The van der Waals surface area contributed by atoms with Crippen LogP contribution in [0.3, 0.4) is 0 Å². The van der Waals surface area contributed by atoms with Gasteiger partial charge in [0.2, 0.25) is 17.7 Å². The van der Waals surface area contributed by atoms with Crippen molar-refractivity contribution in [3.63, 3.8) is 0 Å². The lowest BCUT2D eigenvalue weighted by molar-refractivity contribution is -0.265. The number of nitrogens with two attached hydrogens (primary N) is 1. The fourth-order valence-electron chi connectivity index (χ4n) is 13.5. The zero-order chi connectivity index (χ0) is 71.8. The third kappa shape index (κ3) is 22.8. The summed E-state index contributed by atoms with van der Waals surface area (Å²) in [5, 5.41) is 29.3. The number of cyclic esters (lactones) is 1. The van der Waals surface area contributed by atoms with Crippen molar-refractivity contribution < 1.29 is 81.7 Å². The Hall–Kier alpha value is -6.95. The topological polar surface area (TPSA) is 345 Å². The number of ether oxygens (including phenoxy) is 8. The average Bonchev–Trinajstić information content (AvgIpc) is 0.781. The molecule has 6 N–H and O–H groups in total. The molecule has 27 nitrogen and oxygen atoms in total. The van der Waals surface area contributed by atoms with Crippen LogP contribution in [0.1, 0.15) is 148 Å². The van der Waals surface area contributed by atoms with Crippen LogP contribution in [0.5, 0.6) is 0 Å². The monoisotopic (exact) mass is 1380 g/mol. The highest BCUT2D eigenvalue weighted by Gasteiger charge is 2.53. The Kier molecular flexibility index (Phi) is 31.5. The van der Waals surface area contributed by atoms with Gasteiger partial charge in [-0.2, -0.15) is 0 Å². The number of piperazine rings is 1. The minimum Gasteiger partial charge on any atom is -0.459 e. The lowest BCUT2D eigenvalue weighted by Crippen LogP contribution is -2.61. The van der Waals surface area contributed by atoms with Gasteiger partial charge in [0.15, 0.2) is 5.78 Å². The Balaban J connectivity index is 0.970. The van der Waals surface area contributed by atoms with Gasteiger partial charge in [-0.25, -0.2) is 29.5 Å². The van der Waals surface area contributed by atoms with E-state index in [4.69, 9.17) is 43.6 Å². The fraction of sp³-hybridized carbons (Fsp3) is 0.681. The van der Waals surface area contributed by atoms with E-state index < -0.39 is 108 Å². The molecule has 4 aliphatic heterocycles. The van der Waals surface area contributed by atoms with Crippen LogP contribution in [0.25, 0.3) is 0 Å². The first-order valence-corrected chi connectivity index (χ1v) is 35.2. The van der Waals surface area contributed by atoms with Gasteiger partial charge < -0.3 is 79.2 Å². The predicted octanol–water partition coefficient (Wildman–Crippen LogP) is 5.89. The maximum absolute atomic E-state index is 14.7. The smallest absolute Gasteiger partial charge is 0.407 e. The molecule has 2 aromatic rings. The first kappa shape index (κ1) is 79.4. The number of rotatable bonds is 20. The predicted molar refractivity (Wildman–Crippen MR) is 368 cm³/mol. The maximum atomic E-state index is 14.7. The molecule has 0 spiro atoms. The molecule has 99 heavy (non-hydrogen) atoms. The summed E-state index contributed by atoms with van der Waals surface area (Å²) in [6, 6.07) is -2.22. The minimum absolute atomic E-state index is 0.0100. The zero-order valence-corrected chi connectivity index (χ0v) is 59.6. The van der Waals surface area contributed by atoms with E-state index in [-0.39, 0.29) is 62.3 Å². The van der Waals surface area contributed by atoms with Crippen molar-refractivity contribution in [1.29, 1.82) is 0 Å². The third-order valence-corrected chi connectivity index (χ3v) is 19.6. The van der Waals surface area contributed by atoms with Gasteiger partial charge in [0, 0.05) is 141 Å². The largest absolute Gasteiger partial charge is 0.459 e. The number of alkyl carbamates (subject to hydrolysis) is 1. The lowest BCUT2D eigenvalue weighted by atomic mass is 9.80. The molecule has 1 saturated carbocycles. The summed E-state index contributed by atoms with van der Waals surface area (Å²) >= 11 is 0. The van der Waals surface area contributed by atoms with E-state index in [0.29, 0.717) is 139 Å². The molecule has 0 aromatic carbocycles. The number of aliphatic hydroxyl groups is 2. The molecule has 4 fully saturated rings. The minimum atomic E-state index is -2.50. The van der Waals surface area contributed by atoms with Crippen molar-refractivity contribution in [2.45, 2.75) is 199 Å². The van der Waals surface area contributed by atoms with E-state index in [9.17, 15) is 43.8 Å². The number of fused-ring (bicyclic) bond motifs is 3. The molecule has 0 unspecified atom stereocenters. The molecule has 3 amide bonds. The second kappa shape index (κ2) is 39.3. The highest BCUT2D eigenvalue weighted by molar-refractivity contribution is 6.39. The molecule has 15 atom stereocenters. The molecule has 548 valence electrons. The number of aliphatic hydroxyl groups excluding tert-OH is 1. The number of Topliss-reactive ketones (excluding diaryl/α,β-unsaturated/α-hetero) is 3. The first-order chi connectivity index (χ1) is 47.5. The molecular weight excluding hydrogens is 1280 g/mol. The second-order valence-corrected chi connectivity index (χ2v) is 27.1. The quantitative estimate of drug-likeness (QED) is 0.0447. The SMILES string of the molecule is CCCOCCOCCNC(=O)c1cnc(N2CCN(c3ncc(CNC(=O)O[C@@H]4CC[C@@H](C[C@@H](N)[C@@H]5CC(=O)[C@H](C)/C=C(\C)[C@@H](O)[C@@H](OC)C(=O)[C@H](C)C[C@H](C)/C=C/C=C/C=C(\C)[C@@H](OC)C[C@@H]6CC[C@@H](C)[C@@](O)(O6)C(=O)C(=O)N6CCCC[C@H]6C(=O)O5)C[C@H]4OC)cn3)CC2)nc1. The molecule has 7 rings (SSSR count). The second-order valence-electron chi connectivity index (χ2n) is 27.1. The first-order valence-electron chi connectivity index (χ1n) is 35.2. The Morgan fingerprint density at radius 1 is 0.758 bits per heavy atom. The van der Waals surface area contributed by atoms with E-state index >= 15 is 0 Å². The van der Waals surface area contributed by atoms with Gasteiger partial charge in [-0.3, -0.25) is 24.0 Å². The number of nitrogens with one attached hydrogen (secondary N) is 2. The number of ketones is 3. The van der Waals surface area contributed by atoms with Crippen molar-refractivity contribution in [2.24, 2.45) is 35.3 Å². The summed E-state index contributed by atoms with van der Waals surface area (Å²) < 4.78 is 46.7. The van der Waals surface area contributed by atoms with E-state index in [1.165, 1.54) is 26.6 Å². The number of piperidine rings is 1. The summed E-state index contributed by atoms with van der Waals surface area (Å²) in [7, 11) is 4.44. The molecule has 2 aromatic heterocycles. The summed E-state index contributed by atoms with van der Waals surface area (Å²) in [6.45, 7) is 17.5. The number of nitrogens with zero attached hydrogens (tertiary/aromatic N) is 7. The van der Waals surface area contributed by atoms with Crippen molar-refractivity contribution >= 4 is 53.1 Å². The van der Waals surface area contributed by atoms with Crippen molar-refractivity contribution in [3.05, 3.63) is 83.5 Å². The van der Waals surface area contributed by atoms with Gasteiger partial charge in [0.25, 0.3) is 17.6 Å². The summed E-state index contributed by atoms with van der Waals surface area (Å²) in [5.74, 6) is -7.93. The molecule has 5 aliphatic rings. The van der Waals surface area contributed by atoms with Crippen LogP contribution in [-0.4, -0.2) is 224 Å². The van der Waals surface area contributed by atoms with Crippen LogP contribution >= 0.6 is 0 Å². The Morgan fingerprint density at radius 2 is 1.43 bits per heavy atom. The Morgan fingerprint density at radius 3 is 2.09 bits per heavy atom. The summed E-state index contributed by atoms with van der Waals surface area (Å²) in [4.78, 5) is 121. The molecule has 1 aliphatic carbocycles. The number of carbonyl (C=O) groups excluding carboxylic acids is 7. The van der Waals surface area contributed by atoms with Crippen LogP contribution in [-0.2, 0) is 68.4 Å². The molecular formula is C72H108N10O17. The van der Waals surface area contributed by atoms with Crippen molar-refractivity contribution in [1.82, 2.24) is 35.5 Å². The van der Waals surface area contributed by atoms with Crippen LogP contribution in [0.2, 0.25) is 0 Å². The van der Waals surface area contributed by atoms with E-state index in [0.717, 1.165) is 16.9 Å². The number of amides is 3. The van der Waals surface area contributed by atoms with E-state index in [1.807, 2.05) is 61.0 Å². The van der Waals surface area contributed by atoms with Crippen molar-refractivity contribution in [3.8, 4) is 0 Å². The number of aromatic nitrogens is 4. The summed E-state index contributed by atoms with van der Waals surface area (Å²) in [6.07, 6.45) is 15.3. The van der Waals surface area contributed by atoms with Gasteiger partial charge in [-0.1, -0.05) is 71.1 Å². The summed E-state index contributed by atoms with van der Waals surface area (Å²) in [5.41, 5.74) is 9.22. The number of methoxy groups -OCH3 is 3. The highest BCUT2D eigenvalue weighted by atomic mass is 16.6.